The van der Waals surface area contributed by atoms with Gasteiger partial charge < -0.3 is 19.6 Å². The van der Waals surface area contributed by atoms with E-state index in [2.05, 4.69) is 31.0 Å². The monoisotopic (exact) mass is 399 g/mol. The molecule has 1 fully saturated rings. The average Bonchev–Trinajstić information content (AvgIpc) is 3.12. The Balaban J connectivity index is 1.08. The molecular weight excluding hydrogens is 374 g/mol. The van der Waals surface area contributed by atoms with Crippen molar-refractivity contribution < 1.29 is 4.74 Å². The lowest BCUT2D eigenvalue weighted by Crippen LogP contribution is -2.28. The van der Waals surface area contributed by atoms with Crippen LogP contribution in [0, 0.1) is 5.41 Å². The highest BCUT2D eigenvalue weighted by Crippen LogP contribution is 2.50. The molecule has 3 aromatic rings. The molecule has 0 spiro atoms. The van der Waals surface area contributed by atoms with Crippen molar-refractivity contribution in [2.45, 2.75) is 51.2 Å². The molecule has 2 aliphatic rings. The number of aromatic amines is 1. The van der Waals surface area contributed by atoms with Crippen molar-refractivity contribution >= 4 is 28.3 Å². The molecule has 0 bridgehead atoms. The Hall–Kier alpha value is -2.05. The van der Waals surface area contributed by atoms with Crippen LogP contribution in [0.3, 0.4) is 0 Å². The van der Waals surface area contributed by atoms with Crippen molar-refractivity contribution in [2.24, 2.45) is 5.41 Å². The summed E-state index contributed by atoms with van der Waals surface area (Å²) in [6.45, 7) is 2.87. The normalized spacial score (nSPS) is 20.2. The molecule has 7 heteroatoms. The number of rotatable bonds is 8. The molecule has 1 aliphatic carbocycles. The molecule has 1 atom stereocenters. The smallest absolute Gasteiger partial charge is 0.140 e. The quantitative estimate of drug-likeness (QED) is 0.550. The van der Waals surface area contributed by atoms with E-state index in [1.807, 2.05) is 24.5 Å². The SMILES string of the molecule is Clc1cc2c(NCCCC3(COC4CCn5ccnc5C4)CC3)ccnc2[nH]1. The average molecular weight is 400 g/mol. The molecule has 1 saturated carbocycles. The minimum absolute atomic E-state index is 0.328. The van der Waals surface area contributed by atoms with Gasteiger partial charge >= 0.3 is 0 Å². The van der Waals surface area contributed by atoms with Gasteiger partial charge in [-0.2, -0.15) is 0 Å². The molecule has 148 valence electrons. The Morgan fingerprint density at radius 3 is 3.14 bits per heavy atom. The van der Waals surface area contributed by atoms with Gasteiger partial charge in [0.05, 0.1) is 12.7 Å². The van der Waals surface area contributed by atoms with E-state index < -0.39 is 0 Å². The fourth-order valence-electron chi connectivity index (χ4n) is 4.24. The van der Waals surface area contributed by atoms with Crippen LogP contribution in [-0.2, 0) is 17.7 Å². The number of imidazole rings is 1. The predicted molar refractivity (Wildman–Crippen MR) is 111 cm³/mol. The first-order valence-corrected chi connectivity index (χ1v) is 10.6. The Morgan fingerprint density at radius 2 is 2.25 bits per heavy atom. The van der Waals surface area contributed by atoms with Crippen LogP contribution in [0.4, 0.5) is 5.69 Å². The number of aryl methyl sites for hydroxylation is 1. The van der Waals surface area contributed by atoms with Crippen molar-refractivity contribution in [3.8, 4) is 0 Å². The van der Waals surface area contributed by atoms with Crippen molar-refractivity contribution in [2.75, 3.05) is 18.5 Å². The van der Waals surface area contributed by atoms with Crippen LogP contribution in [0.1, 0.15) is 37.9 Å². The molecule has 0 radical (unpaired) electrons. The molecule has 1 unspecified atom stereocenters. The van der Waals surface area contributed by atoms with Gasteiger partial charge in [0.1, 0.15) is 16.6 Å². The summed E-state index contributed by atoms with van der Waals surface area (Å²) in [5.74, 6) is 1.17. The molecule has 6 nitrogen and oxygen atoms in total. The van der Waals surface area contributed by atoms with Gasteiger partial charge in [0.25, 0.3) is 0 Å². The Kier molecular flexibility index (Phi) is 4.77. The van der Waals surface area contributed by atoms with Gasteiger partial charge in [-0.3, -0.25) is 0 Å². The first kappa shape index (κ1) is 18.0. The summed E-state index contributed by atoms with van der Waals surface area (Å²) in [5.41, 5.74) is 2.32. The highest BCUT2D eigenvalue weighted by atomic mass is 35.5. The van der Waals surface area contributed by atoms with E-state index in [-0.39, 0.29) is 0 Å². The standard InChI is InChI=1S/C21H26ClN5O/c22-18-13-16-17(2-8-25-20(16)26-18)23-7-1-4-21(5-6-21)14-28-15-3-10-27-11-9-24-19(27)12-15/h2,8-9,11,13,15H,1,3-7,10,12,14H2,(H2,23,25,26). The Morgan fingerprint density at radius 1 is 1.32 bits per heavy atom. The molecule has 0 saturated heterocycles. The lowest BCUT2D eigenvalue weighted by atomic mass is 10.0. The summed E-state index contributed by atoms with van der Waals surface area (Å²) in [6, 6.07) is 3.94. The number of nitrogens with zero attached hydrogens (tertiary/aromatic N) is 3. The van der Waals surface area contributed by atoms with Crippen LogP contribution < -0.4 is 5.32 Å². The predicted octanol–water partition coefficient (Wildman–Crippen LogP) is 4.42. The van der Waals surface area contributed by atoms with Gasteiger partial charge in [-0.25, -0.2) is 9.97 Å². The molecule has 3 aromatic heterocycles. The Labute approximate surface area is 169 Å². The molecule has 0 aromatic carbocycles. The zero-order chi connectivity index (χ0) is 19.0. The third-order valence-corrected chi connectivity index (χ3v) is 6.39. The van der Waals surface area contributed by atoms with E-state index in [4.69, 9.17) is 16.3 Å². The molecule has 2 N–H and O–H groups in total. The van der Waals surface area contributed by atoms with E-state index in [0.717, 1.165) is 55.7 Å². The van der Waals surface area contributed by atoms with E-state index in [0.29, 0.717) is 16.7 Å². The lowest BCUT2D eigenvalue weighted by molar-refractivity contribution is 0.00566. The van der Waals surface area contributed by atoms with Gasteiger partial charge in [0.2, 0.25) is 0 Å². The van der Waals surface area contributed by atoms with Gasteiger partial charge in [0, 0.05) is 49.2 Å². The maximum absolute atomic E-state index is 6.31. The number of ether oxygens (including phenoxy) is 1. The van der Waals surface area contributed by atoms with E-state index in [1.165, 1.54) is 25.1 Å². The highest BCUT2D eigenvalue weighted by Gasteiger charge is 2.42. The van der Waals surface area contributed by atoms with Gasteiger partial charge in [0.15, 0.2) is 0 Å². The number of hydrogen-bond donors (Lipinski definition) is 2. The zero-order valence-electron chi connectivity index (χ0n) is 16.0. The molecule has 1 aliphatic heterocycles. The maximum atomic E-state index is 6.31. The number of anilines is 1. The summed E-state index contributed by atoms with van der Waals surface area (Å²) < 4.78 is 8.55. The number of H-pyrrole nitrogens is 1. The maximum Gasteiger partial charge on any atom is 0.140 e. The van der Waals surface area contributed by atoms with Crippen LogP contribution in [0.15, 0.2) is 30.7 Å². The highest BCUT2D eigenvalue weighted by molar-refractivity contribution is 6.30. The first-order chi connectivity index (χ1) is 13.7. The van der Waals surface area contributed by atoms with Crippen LogP contribution in [0.25, 0.3) is 11.0 Å². The van der Waals surface area contributed by atoms with Gasteiger partial charge in [-0.15, -0.1) is 0 Å². The summed E-state index contributed by atoms with van der Waals surface area (Å²) >= 11 is 6.06. The molecule has 28 heavy (non-hydrogen) atoms. The van der Waals surface area contributed by atoms with Crippen molar-refractivity contribution in [1.29, 1.82) is 0 Å². The number of pyridine rings is 1. The zero-order valence-corrected chi connectivity index (χ0v) is 16.7. The lowest BCUT2D eigenvalue weighted by Gasteiger charge is -2.26. The van der Waals surface area contributed by atoms with Crippen molar-refractivity contribution in [3.05, 3.63) is 41.7 Å². The van der Waals surface area contributed by atoms with E-state index in [1.54, 1.807) is 0 Å². The number of halogens is 1. The summed E-state index contributed by atoms with van der Waals surface area (Å²) in [7, 11) is 0. The van der Waals surface area contributed by atoms with Crippen molar-refractivity contribution in [1.82, 2.24) is 19.5 Å². The molecule has 4 heterocycles. The minimum Gasteiger partial charge on any atom is -0.384 e. The fourth-order valence-corrected chi connectivity index (χ4v) is 4.44. The molecular formula is C21H26ClN5O. The van der Waals surface area contributed by atoms with Crippen LogP contribution >= 0.6 is 11.6 Å². The van der Waals surface area contributed by atoms with Crippen LogP contribution in [0.2, 0.25) is 5.15 Å². The second-order valence-electron chi connectivity index (χ2n) is 8.23. The second kappa shape index (κ2) is 7.41. The van der Waals surface area contributed by atoms with E-state index in [9.17, 15) is 0 Å². The van der Waals surface area contributed by atoms with Crippen LogP contribution in [-0.4, -0.2) is 38.8 Å². The van der Waals surface area contributed by atoms with Crippen LogP contribution in [0.5, 0.6) is 0 Å². The summed E-state index contributed by atoms with van der Waals surface area (Å²) in [6.07, 6.45) is 13.1. The van der Waals surface area contributed by atoms with Gasteiger partial charge in [-0.05, 0) is 49.7 Å². The molecule has 5 rings (SSSR count). The molecule has 0 amide bonds. The fraction of sp³-hybridized carbons (Fsp3) is 0.524. The summed E-state index contributed by atoms with van der Waals surface area (Å²) in [5, 5.41) is 5.21. The third kappa shape index (κ3) is 3.76. The van der Waals surface area contributed by atoms with Gasteiger partial charge in [-0.1, -0.05) is 11.6 Å². The van der Waals surface area contributed by atoms with E-state index >= 15 is 0 Å². The Bertz CT molecular complexity index is 961. The first-order valence-electron chi connectivity index (χ1n) is 10.2. The minimum atomic E-state index is 0.328. The number of aromatic nitrogens is 4. The summed E-state index contributed by atoms with van der Waals surface area (Å²) in [4.78, 5) is 11.8. The third-order valence-electron chi connectivity index (χ3n) is 6.18. The second-order valence-corrected chi connectivity index (χ2v) is 8.64. The number of nitrogens with one attached hydrogen (secondary N) is 2. The number of fused-ring (bicyclic) bond motifs is 2. The van der Waals surface area contributed by atoms with Crippen molar-refractivity contribution in [3.63, 3.8) is 0 Å². The topological polar surface area (TPSA) is 67.8 Å². The largest absolute Gasteiger partial charge is 0.384 e. The number of hydrogen-bond acceptors (Lipinski definition) is 4.